The van der Waals surface area contributed by atoms with Crippen LogP contribution >= 0.6 is 0 Å². The van der Waals surface area contributed by atoms with E-state index in [-0.39, 0.29) is 5.78 Å². The molecule has 0 saturated heterocycles. The van der Waals surface area contributed by atoms with Crippen molar-refractivity contribution in [1.29, 1.82) is 0 Å². The van der Waals surface area contributed by atoms with Crippen molar-refractivity contribution in [2.45, 2.75) is 6.92 Å². The molecule has 1 rings (SSSR count). The first-order valence-electron chi connectivity index (χ1n) is 3.40. The fourth-order valence-electron chi connectivity index (χ4n) is 0.829. The van der Waals surface area contributed by atoms with Gasteiger partial charge in [0, 0.05) is 19.4 Å². The highest BCUT2D eigenvalue weighted by Crippen LogP contribution is 1.96. The molecular formula is C8H10N2O. The molecule has 0 N–H and O–H groups in total. The molecule has 0 fully saturated rings. The molecule has 11 heavy (non-hydrogen) atoms. The van der Waals surface area contributed by atoms with Crippen LogP contribution in [-0.2, 0) is 7.05 Å². The Kier molecular flexibility index (Phi) is 2.21. The highest BCUT2D eigenvalue weighted by Gasteiger charge is 2.05. The molecule has 3 nitrogen and oxygen atoms in total. The lowest BCUT2D eigenvalue weighted by molar-refractivity contribution is 0.103. The third-order valence-corrected chi connectivity index (χ3v) is 1.36. The van der Waals surface area contributed by atoms with E-state index in [0.717, 1.165) is 0 Å². The predicted molar refractivity (Wildman–Crippen MR) is 42.4 cm³/mol. The van der Waals surface area contributed by atoms with E-state index in [4.69, 9.17) is 0 Å². The minimum absolute atomic E-state index is 0.0556. The highest BCUT2D eigenvalue weighted by molar-refractivity contribution is 6.01. The highest BCUT2D eigenvalue weighted by atomic mass is 16.1. The minimum Gasteiger partial charge on any atom is -0.331 e. The molecular weight excluding hydrogens is 140 g/mol. The van der Waals surface area contributed by atoms with Crippen LogP contribution in [0, 0.1) is 0 Å². The number of imidazole rings is 1. The normalized spacial score (nSPS) is 10.7. The summed E-state index contributed by atoms with van der Waals surface area (Å²) < 4.78 is 1.70. The number of allylic oxidation sites excluding steroid dienone is 2. The summed E-state index contributed by atoms with van der Waals surface area (Å²) in [5.41, 5.74) is 0. The van der Waals surface area contributed by atoms with Crippen molar-refractivity contribution >= 4 is 5.78 Å². The summed E-state index contributed by atoms with van der Waals surface area (Å²) in [6.45, 7) is 1.81. The fourth-order valence-corrected chi connectivity index (χ4v) is 0.829. The van der Waals surface area contributed by atoms with Gasteiger partial charge in [-0.15, -0.1) is 0 Å². The first-order chi connectivity index (χ1) is 5.25. The Morgan fingerprint density at radius 3 is 2.91 bits per heavy atom. The SMILES string of the molecule is C/C=C/C(=O)c1nccn1C. The zero-order valence-electron chi connectivity index (χ0n) is 6.61. The van der Waals surface area contributed by atoms with Crippen molar-refractivity contribution in [2.75, 3.05) is 0 Å². The number of aryl methyl sites for hydroxylation is 1. The fraction of sp³-hybridized carbons (Fsp3) is 0.250. The number of hydrogen-bond donors (Lipinski definition) is 0. The molecule has 1 aromatic rings. The molecule has 0 amide bonds. The Labute approximate surface area is 65.4 Å². The summed E-state index contributed by atoms with van der Waals surface area (Å²) in [4.78, 5) is 15.1. The van der Waals surface area contributed by atoms with Crippen LogP contribution in [0.5, 0.6) is 0 Å². The van der Waals surface area contributed by atoms with Crippen molar-refractivity contribution in [1.82, 2.24) is 9.55 Å². The largest absolute Gasteiger partial charge is 0.331 e. The summed E-state index contributed by atoms with van der Waals surface area (Å²) in [5, 5.41) is 0. The van der Waals surface area contributed by atoms with Gasteiger partial charge in [0.1, 0.15) is 0 Å². The van der Waals surface area contributed by atoms with Crippen molar-refractivity contribution in [3.8, 4) is 0 Å². The number of carbonyl (C=O) groups is 1. The lowest BCUT2D eigenvalue weighted by Crippen LogP contribution is -2.03. The Morgan fingerprint density at radius 1 is 1.73 bits per heavy atom. The third-order valence-electron chi connectivity index (χ3n) is 1.36. The van der Waals surface area contributed by atoms with Gasteiger partial charge in [-0.05, 0) is 13.0 Å². The maximum atomic E-state index is 11.2. The van der Waals surface area contributed by atoms with Crippen LogP contribution < -0.4 is 0 Å². The minimum atomic E-state index is -0.0556. The van der Waals surface area contributed by atoms with Crippen molar-refractivity contribution in [3.05, 3.63) is 30.4 Å². The maximum Gasteiger partial charge on any atom is 0.220 e. The second kappa shape index (κ2) is 3.14. The predicted octanol–water partition coefficient (Wildman–Crippen LogP) is 1.18. The van der Waals surface area contributed by atoms with Gasteiger partial charge in [-0.2, -0.15) is 0 Å². The molecule has 0 aliphatic carbocycles. The van der Waals surface area contributed by atoms with Gasteiger partial charge in [-0.25, -0.2) is 4.98 Å². The van der Waals surface area contributed by atoms with Crippen LogP contribution in [0.3, 0.4) is 0 Å². The number of ketones is 1. The number of aromatic nitrogens is 2. The molecule has 0 aromatic carbocycles. The molecule has 1 heterocycles. The van der Waals surface area contributed by atoms with Crippen LogP contribution in [0.4, 0.5) is 0 Å². The molecule has 0 atom stereocenters. The Hall–Kier alpha value is -1.38. The average molecular weight is 150 g/mol. The van der Waals surface area contributed by atoms with E-state index in [1.807, 2.05) is 0 Å². The third kappa shape index (κ3) is 1.55. The van der Waals surface area contributed by atoms with E-state index in [1.165, 1.54) is 6.08 Å². The Bertz CT molecular complexity index is 286. The van der Waals surface area contributed by atoms with Gasteiger partial charge in [0.2, 0.25) is 5.78 Å². The van der Waals surface area contributed by atoms with Gasteiger partial charge in [-0.1, -0.05) is 6.08 Å². The van der Waals surface area contributed by atoms with E-state index in [1.54, 1.807) is 37.0 Å². The van der Waals surface area contributed by atoms with Gasteiger partial charge in [0.15, 0.2) is 5.82 Å². The van der Waals surface area contributed by atoms with Crippen LogP contribution in [0.1, 0.15) is 17.5 Å². The monoisotopic (exact) mass is 150 g/mol. The Morgan fingerprint density at radius 2 is 2.45 bits per heavy atom. The summed E-state index contributed by atoms with van der Waals surface area (Å²) in [6, 6.07) is 0. The zero-order chi connectivity index (χ0) is 8.27. The van der Waals surface area contributed by atoms with E-state index in [2.05, 4.69) is 4.98 Å². The van der Waals surface area contributed by atoms with E-state index in [0.29, 0.717) is 5.82 Å². The van der Waals surface area contributed by atoms with Crippen molar-refractivity contribution in [2.24, 2.45) is 7.05 Å². The summed E-state index contributed by atoms with van der Waals surface area (Å²) in [5.74, 6) is 0.420. The molecule has 58 valence electrons. The number of rotatable bonds is 2. The topological polar surface area (TPSA) is 34.9 Å². The standard InChI is InChI=1S/C8H10N2O/c1-3-4-7(11)8-9-5-6-10(8)2/h3-6H,1-2H3/b4-3+. The van der Waals surface area contributed by atoms with Crippen LogP contribution in [-0.4, -0.2) is 15.3 Å². The van der Waals surface area contributed by atoms with E-state index < -0.39 is 0 Å². The van der Waals surface area contributed by atoms with Crippen molar-refractivity contribution in [3.63, 3.8) is 0 Å². The number of hydrogen-bond acceptors (Lipinski definition) is 2. The number of nitrogens with zero attached hydrogens (tertiary/aromatic N) is 2. The molecule has 0 spiro atoms. The smallest absolute Gasteiger partial charge is 0.220 e. The van der Waals surface area contributed by atoms with Crippen LogP contribution in [0.25, 0.3) is 0 Å². The Balaban J connectivity index is 2.93. The summed E-state index contributed by atoms with van der Waals surface area (Å²) in [7, 11) is 1.80. The molecule has 0 saturated carbocycles. The first kappa shape index (κ1) is 7.72. The molecule has 0 aliphatic heterocycles. The second-order valence-electron chi connectivity index (χ2n) is 2.23. The average Bonchev–Trinajstić information content (AvgIpc) is 2.36. The van der Waals surface area contributed by atoms with Gasteiger partial charge < -0.3 is 4.57 Å². The maximum absolute atomic E-state index is 11.2. The lowest BCUT2D eigenvalue weighted by Gasteiger charge is -1.93. The zero-order valence-corrected chi connectivity index (χ0v) is 6.61. The molecule has 0 bridgehead atoms. The summed E-state index contributed by atoms with van der Waals surface area (Å²) in [6.07, 6.45) is 6.56. The molecule has 1 aromatic heterocycles. The quantitative estimate of drug-likeness (QED) is 0.468. The lowest BCUT2D eigenvalue weighted by atomic mass is 10.3. The van der Waals surface area contributed by atoms with Gasteiger partial charge in [0.25, 0.3) is 0 Å². The second-order valence-corrected chi connectivity index (χ2v) is 2.23. The van der Waals surface area contributed by atoms with Gasteiger partial charge in [-0.3, -0.25) is 4.79 Å². The van der Waals surface area contributed by atoms with Crippen LogP contribution in [0.2, 0.25) is 0 Å². The number of carbonyl (C=O) groups excluding carboxylic acids is 1. The van der Waals surface area contributed by atoms with Crippen LogP contribution in [0.15, 0.2) is 24.5 Å². The molecule has 3 heteroatoms. The van der Waals surface area contributed by atoms with Gasteiger partial charge in [0.05, 0.1) is 0 Å². The van der Waals surface area contributed by atoms with E-state index >= 15 is 0 Å². The first-order valence-corrected chi connectivity index (χ1v) is 3.40. The molecule has 0 radical (unpaired) electrons. The molecule has 0 aliphatic rings. The summed E-state index contributed by atoms with van der Waals surface area (Å²) >= 11 is 0. The van der Waals surface area contributed by atoms with E-state index in [9.17, 15) is 4.79 Å². The van der Waals surface area contributed by atoms with Gasteiger partial charge >= 0.3 is 0 Å². The molecule has 0 unspecified atom stereocenters. The van der Waals surface area contributed by atoms with Crippen molar-refractivity contribution < 1.29 is 4.79 Å².